The first-order valence-electron chi connectivity index (χ1n) is 7.04. The number of benzene rings is 1. The van der Waals surface area contributed by atoms with Crippen LogP contribution in [0, 0.1) is 35.0 Å². The van der Waals surface area contributed by atoms with Crippen molar-refractivity contribution in [2.24, 2.45) is 5.92 Å². The van der Waals surface area contributed by atoms with E-state index in [-0.39, 0.29) is 0 Å². The molecule has 0 heterocycles. The van der Waals surface area contributed by atoms with Gasteiger partial charge in [0.2, 0.25) is 34.8 Å². The van der Waals surface area contributed by atoms with E-state index < -0.39 is 46.7 Å². The van der Waals surface area contributed by atoms with Gasteiger partial charge < -0.3 is 4.74 Å². The van der Waals surface area contributed by atoms with Gasteiger partial charge in [-0.25, -0.2) is 13.2 Å². The summed E-state index contributed by atoms with van der Waals surface area (Å²) in [6.45, 7) is 11.0. The van der Waals surface area contributed by atoms with Gasteiger partial charge in [0.1, 0.15) is 0 Å². The standard InChI is InChI=1S/C11H9F5O2.2C2H6/c1-3-4(2)11(17)18-10-8(15)6(13)5(12)7(14)9(10)16;2*1-2/h4H,3H2,1-2H3;2*1-2H3. The first-order chi connectivity index (χ1) is 10.3. The highest BCUT2D eigenvalue weighted by atomic mass is 19.2. The third kappa shape index (κ3) is 5.27. The third-order valence-electron chi connectivity index (χ3n) is 2.39. The van der Waals surface area contributed by atoms with Gasteiger partial charge in [0.05, 0.1) is 5.92 Å². The minimum absolute atomic E-state index is 0.300. The van der Waals surface area contributed by atoms with Crippen LogP contribution in [0.2, 0.25) is 0 Å². The van der Waals surface area contributed by atoms with Crippen LogP contribution in [0.25, 0.3) is 0 Å². The Balaban J connectivity index is 0. The fourth-order valence-electron chi connectivity index (χ4n) is 1.04. The Hall–Kier alpha value is -1.66. The minimum Gasteiger partial charge on any atom is -0.420 e. The Morgan fingerprint density at radius 2 is 1.18 bits per heavy atom. The van der Waals surface area contributed by atoms with Crippen molar-refractivity contribution in [1.82, 2.24) is 0 Å². The van der Waals surface area contributed by atoms with Crippen LogP contribution in [0.3, 0.4) is 0 Å². The van der Waals surface area contributed by atoms with Crippen LogP contribution in [-0.4, -0.2) is 5.97 Å². The topological polar surface area (TPSA) is 26.3 Å². The third-order valence-corrected chi connectivity index (χ3v) is 2.39. The molecule has 0 saturated heterocycles. The molecule has 1 unspecified atom stereocenters. The maximum Gasteiger partial charge on any atom is 0.314 e. The lowest BCUT2D eigenvalue weighted by Gasteiger charge is -2.11. The maximum atomic E-state index is 13.1. The number of carbonyl (C=O) groups is 1. The molecule has 1 aromatic carbocycles. The molecule has 2 nitrogen and oxygen atoms in total. The van der Waals surface area contributed by atoms with Crippen molar-refractivity contribution in [3.63, 3.8) is 0 Å². The number of esters is 1. The van der Waals surface area contributed by atoms with E-state index in [2.05, 4.69) is 4.74 Å². The number of hydrogen-bond donors (Lipinski definition) is 0. The Morgan fingerprint density at radius 1 is 0.864 bits per heavy atom. The van der Waals surface area contributed by atoms with Gasteiger partial charge in [0, 0.05) is 0 Å². The predicted molar refractivity (Wildman–Crippen MR) is 74.0 cm³/mol. The van der Waals surface area contributed by atoms with Crippen LogP contribution in [0.4, 0.5) is 22.0 Å². The molecule has 0 N–H and O–H groups in total. The van der Waals surface area contributed by atoms with E-state index in [1.807, 2.05) is 27.7 Å². The second-order valence-corrected chi connectivity index (χ2v) is 3.63. The van der Waals surface area contributed by atoms with Crippen molar-refractivity contribution in [2.75, 3.05) is 0 Å². The molecule has 1 rings (SSSR count). The molecular weight excluding hydrogens is 307 g/mol. The average molecular weight is 328 g/mol. The fraction of sp³-hybridized carbons (Fsp3) is 0.533. The molecule has 0 aromatic heterocycles. The number of ether oxygens (including phenoxy) is 1. The molecule has 0 saturated carbocycles. The predicted octanol–water partition coefficient (Wildman–Crippen LogP) is 5.39. The zero-order valence-electron chi connectivity index (χ0n) is 13.5. The summed E-state index contributed by atoms with van der Waals surface area (Å²) in [4.78, 5) is 11.3. The summed E-state index contributed by atoms with van der Waals surface area (Å²) in [6, 6.07) is 0. The molecule has 0 bridgehead atoms. The highest BCUT2D eigenvalue weighted by molar-refractivity contribution is 5.74. The second kappa shape index (κ2) is 11.0. The largest absolute Gasteiger partial charge is 0.420 e. The highest BCUT2D eigenvalue weighted by Crippen LogP contribution is 2.29. The molecule has 0 aliphatic carbocycles. The summed E-state index contributed by atoms with van der Waals surface area (Å²) in [5.41, 5.74) is 0. The van der Waals surface area contributed by atoms with Crippen molar-refractivity contribution >= 4 is 5.97 Å². The Kier molecular flexibility index (Phi) is 11.3. The van der Waals surface area contributed by atoms with Crippen LogP contribution in [0.5, 0.6) is 5.75 Å². The van der Waals surface area contributed by atoms with Crippen molar-refractivity contribution in [1.29, 1.82) is 0 Å². The smallest absolute Gasteiger partial charge is 0.314 e. The molecule has 0 aliphatic heterocycles. The van der Waals surface area contributed by atoms with E-state index in [1.54, 1.807) is 6.92 Å². The van der Waals surface area contributed by atoms with Gasteiger partial charge in [-0.15, -0.1) is 0 Å². The molecule has 22 heavy (non-hydrogen) atoms. The van der Waals surface area contributed by atoms with Crippen molar-refractivity contribution in [3.8, 4) is 5.75 Å². The molecule has 0 radical (unpaired) electrons. The minimum atomic E-state index is -2.30. The summed E-state index contributed by atoms with van der Waals surface area (Å²) in [6.07, 6.45) is 0.300. The number of rotatable bonds is 3. The highest BCUT2D eigenvalue weighted by Gasteiger charge is 2.29. The van der Waals surface area contributed by atoms with Crippen LogP contribution >= 0.6 is 0 Å². The van der Waals surface area contributed by atoms with E-state index in [9.17, 15) is 26.7 Å². The molecule has 0 spiro atoms. The summed E-state index contributed by atoms with van der Waals surface area (Å²) in [7, 11) is 0. The van der Waals surface area contributed by atoms with Gasteiger partial charge in [-0.1, -0.05) is 41.5 Å². The summed E-state index contributed by atoms with van der Waals surface area (Å²) in [5.74, 6) is -14.3. The van der Waals surface area contributed by atoms with Gasteiger partial charge in [-0.3, -0.25) is 4.79 Å². The quantitative estimate of drug-likeness (QED) is 0.245. The number of hydrogen-bond acceptors (Lipinski definition) is 2. The lowest BCUT2D eigenvalue weighted by Crippen LogP contribution is -2.19. The molecule has 0 fully saturated rings. The summed E-state index contributed by atoms with van der Waals surface area (Å²) in [5, 5.41) is 0. The summed E-state index contributed by atoms with van der Waals surface area (Å²) >= 11 is 0. The van der Waals surface area contributed by atoms with Gasteiger partial charge in [0.15, 0.2) is 0 Å². The molecule has 1 atom stereocenters. The van der Waals surface area contributed by atoms with Crippen molar-refractivity contribution in [3.05, 3.63) is 29.1 Å². The van der Waals surface area contributed by atoms with E-state index in [0.29, 0.717) is 6.42 Å². The van der Waals surface area contributed by atoms with E-state index in [4.69, 9.17) is 0 Å². The Labute approximate surface area is 127 Å². The lowest BCUT2D eigenvalue weighted by atomic mass is 10.1. The fourth-order valence-corrected chi connectivity index (χ4v) is 1.04. The van der Waals surface area contributed by atoms with E-state index in [0.717, 1.165) is 0 Å². The molecule has 0 aliphatic rings. The average Bonchev–Trinajstić information content (AvgIpc) is 2.57. The van der Waals surface area contributed by atoms with Crippen LogP contribution < -0.4 is 4.74 Å². The van der Waals surface area contributed by atoms with E-state index in [1.165, 1.54) is 6.92 Å². The molecule has 1 aromatic rings. The number of halogens is 5. The molecular formula is C15H21F5O2. The monoisotopic (exact) mass is 328 g/mol. The Morgan fingerprint density at radius 3 is 1.50 bits per heavy atom. The first-order valence-corrected chi connectivity index (χ1v) is 7.04. The van der Waals surface area contributed by atoms with Crippen LogP contribution in [0.1, 0.15) is 48.0 Å². The van der Waals surface area contributed by atoms with Gasteiger partial charge in [-0.2, -0.15) is 8.78 Å². The van der Waals surface area contributed by atoms with E-state index >= 15 is 0 Å². The molecule has 0 amide bonds. The zero-order valence-corrected chi connectivity index (χ0v) is 13.5. The van der Waals surface area contributed by atoms with Gasteiger partial charge in [0.25, 0.3) is 0 Å². The normalized spacial score (nSPS) is 10.7. The van der Waals surface area contributed by atoms with Crippen molar-refractivity contribution in [2.45, 2.75) is 48.0 Å². The van der Waals surface area contributed by atoms with Crippen molar-refractivity contribution < 1.29 is 31.5 Å². The van der Waals surface area contributed by atoms with Crippen LogP contribution in [0.15, 0.2) is 0 Å². The van der Waals surface area contributed by atoms with Crippen LogP contribution in [-0.2, 0) is 4.79 Å². The SMILES string of the molecule is CC.CC.CCC(C)C(=O)Oc1c(F)c(F)c(F)c(F)c1F. The van der Waals surface area contributed by atoms with Gasteiger partial charge >= 0.3 is 5.97 Å². The maximum absolute atomic E-state index is 13.1. The lowest BCUT2D eigenvalue weighted by molar-refractivity contribution is -0.138. The molecule has 7 heteroatoms. The summed E-state index contributed by atoms with van der Waals surface area (Å²) < 4.78 is 68.7. The Bertz CT molecular complexity index is 460. The number of carbonyl (C=O) groups excluding carboxylic acids is 1. The molecule has 128 valence electrons. The van der Waals surface area contributed by atoms with Gasteiger partial charge in [-0.05, 0) is 6.42 Å². The zero-order chi connectivity index (χ0) is 18.0. The first kappa shape index (κ1) is 22.6. The second-order valence-electron chi connectivity index (χ2n) is 3.63.